The van der Waals surface area contributed by atoms with Crippen molar-refractivity contribution in [1.29, 1.82) is 0 Å². The average Bonchev–Trinajstić information content (AvgIpc) is 2.49. The molecule has 0 spiro atoms. The van der Waals surface area contributed by atoms with Gasteiger partial charge in [0.15, 0.2) is 5.82 Å². The van der Waals surface area contributed by atoms with E-state index >= 15 is 0 Å². The van der Waals surface area contributed by atoms with Gasteiger partial charge in [-0.3, -0.25) is 14.3 Å². The fourth-order valence-corrected chi connectivity index (χ4v) is 1.22. The van der Waals surface area contributed by atoms with Crippen molar-refractivity contribution in [2.75, 3.05) is 5.32 Å². The van der Waals surface area contributed by atoms with Gasteiger partial charge < -0.3 is 10.4 Å². The first-order chi connectivity index (χ1) is 7.47. The highest BCUT2D eigenvalue weighted by Crippen LogP contribution is 2.06. The highest BCUT2D eigenvalue weighted by molar-refractivity contribution is 5.89. The van der Waals surface area contributed by atoms with Crippen LogP contribution in [0.2, 0.25) is 0 Å². The zero-order valence-electron chi connectivity index (χ0n) is 9.30. The van der Waals surface area contributed by atoms with Crippen LogP contribution >= 0.6 is 0 Å². The first kappa shape index (κ1) is 12.2. The molecule has 0 aliphatic carbocycles. The van der Waals surface area contributed by atoms with E-state index in [2.05, 4.69) is 10.4 Å². The van der Waals surface area contributed by atoms with Crippen LogP contribution in [0.5, 0.6) is 0 Å². The van der Waals surface area contributed by atoms with Gasteiger partial charge in [-0.25, -0.2) is 0 Å². The number of nitrogens with zero attached hydrogens (tertiary/aromatic N) is 2. The van der Waals surface area contributed by atoms with Gasteiger partial charge in [0, 0.05) is 18.7 Å². The topological polar surface area (TPSA) is 84.2 Å². The van der Waals surface area contributed by atoms with Crippen molar-refractivity contribution in [3.63, 3.8) is 0 Å². The Bertz CT molecular complexity index is 384. The molecule has 0 saturated carbocycles. The summed E-state index contributed by atoms with van der Waals surface area (Å²) in [5.41, 5.74) is 0. The lowest BCUT2D eigenvalue weighted by Crippen LogP contribution is -2.15. The quantitative estimate of drug-likeness (QED) is 0.781. The highest BCUT2D eigenvalue weighted by Gasteiger charge is 2.08. The smallest absolute Gasteiger partial charge is 0.325 e. The Kier molecular flexibility index (Phi) is 4.04. The van der Waals surface area contributed by atoms with Crippen molar-refractivity contribution in [3.05, 3.63) is 12.3 Å². The van der Waals surface area contributed by atoms with Gasteiger partial charge in [-0.05, 0) is 5.92 Å². The number of carboxylic acids is 1. The molecule has 1 heterocycles. The van der Waals surface area contributed by atoms with Crippen LogP contribution in [-0.2, 0) is 16.1 Å². The predicted molar refractivity (Wildman–Crippen MR) is 57.9 cm³/mol. The lowest BCUT2D eigenvalue weighted by Gasteiger charge is -2.03. The van der Waals surface area contributed by atoms with Crippen molar-refractivity contribution in [3.8, 4) is 0 Å². The number of anilines is 1. The summed E-state index contributed by atoms with van der Waals surface area (Å²) in [4.78, 5) is 21.8. The van der Waals surface area contributed by atoms with Crippen molar-refractivity contribution < 1.29 is 14.7 Å². The molecular formula is C10H15N3O3. The maximum Gasteiger partial charge on any atom is 0.325 e. The molecular weight excluding hydrogens is 210 g/mol. The number of aliphatic carboxylic acids is 1. The van der Waals surface area contributed by atoms with Crippen LogP contribution in [-0.4, -0.2) is 26.8 Å². The average molecular weight is 225 g/mol. The molecule has 88 valence electrons. The number of hydrogen-bond donors (Lipinski definition) is 2. The minimum absolute atomic E-state index is 0.115. The molecule has 0 unspecified atom stereocenters. The molecule has 0 aliphatic rings. The number of carboxylic acid groups (broad SMARTS) is 1. The van der Waals surface area contributed by atoms with Gasteiger partial charge in [0.1, 0.15) is 6.54 Å². The number of aromatic nitrogens is 2. The molecule has 6 heteroatoms. The first-order valence-electron chi connectivity index (χ1n) is 5.02. The predicted octanol–water partition coefficient (Wildman–Crippen LogP) is 0.952. The van der Waals surface area contributed by atoms with E-state index in [1.165, 1.54) is 10.9 Å². The SMILES string of the molecule is CC(C)CC(=O)Nc1ccn(CC(=O)O)n1. The zero-order valence-corrected chi connectivity index (χ0v) is 9.30. The molecule has 0 fully saturated rings. The summed E-state index contributed by atoms with van der Waals surface area (Å²) >= 11 is 0. The van der Waals surface area contributed by atoms with Gasteiger partial charge in [0.25, 0.3) is 0 Å². The molecule has 0 radical (unpaired) electrons. The van der Waals surface area contributed by atoms with E-state index in [4.69, 9.17) is 5.11 Å². The maximum absolute atomic E-state index is 11.4. The maximum atomic E-state index is 11.4. The van der Waals surface area contributed by atoms with Crippen LogP contribution in [0, 0.1) is 5.92 Å². The van der Waals surface area contributed by atoms with Crippen molar-refractivity contribution >= 4 is 17.7 Å². The molecule has 0 aromatic carbocycles. The Morgan fingerprint density at radius 3 is 2.81 bits per heavy atom. The number of rotatable bonds is 5. The molecule has 0 atom stereocenters. The molecule has 0 aliphatic heterocycles. The van der Waals surface area contributed by atoms with Gasteiger partial charge in [-0.15, -0.1) is 0 Å². The second-order valence-corrected chi connectivity index (χ2v) is 3.94. The molecule has 1 amide bonds. The van der Waals surface area contributed by atoms with E-state index in [0.29, 0.717) is 12.2 Å². The zero-order chi connectivity index (χ0) is 12.1. The summed E-state index contributed by atoms with van der Waals surface area (Å²) in [6.07, 6.45) is 1.94. The molecule has 1 aromatic rings. The van der Waals surface area contributed by atoms with Gasteiger partial charge >= 0.3 is 5.97 Å². The van der Waals surface area contributed by atoms with Crippen LogP contribution in [0.25, 0.3) is 0 Å². The third-order valence-corrected chi connectivity index (χ3v) is 1.80. The molecule has 0 bridgehead atoms. The van der Waals surface area contributed by atoms with Crippen LogP contribution in [0.3, 0.4) is 0 Å². The lowest BCUT2D eigenvalue weighted by atomic mass is 10.1. The highest BCUT2D eigenvalue weighted by atomic mass is 16.4. The van der Waals surface area contributed by atoms with Crippen LogP contribution < -0.4 is 5.32 Å². The molecule has 6 nitrogen and oxygen atoms in total. The first-order valence-corrected chi connectivity index (χ1v) is 5.02. The second kappa shape index (κ2) is 5.29. The fourth-order valence-electron chi connectivity index (χ4n) is 1.22. The summed E-state index contributed by atoms with van der Waals surface area (Å²) in [5, 5.41) is 15.0. The third kappa shape index (κ3) is 4.12. The Morgan fingerprint density at radius 1 is 1.56 bits per heavy atom. The number of amides is 1. The third-order valence-electron chi connectivity index (χ3n) is 1.80. The van der Waals surface area contributed by atoms with Gasteiger partial charge in [0.2, 0.25) is 5.91 Å². The van der Waals surface area contributed by atoms with E-state index in [0.717, 1.165) is 0 Å². The number of nitrogens with one attached hydrogen (secondary N) is 1. The minimum atomic E-state index is -0.969. The van der Waals surface area contributed by atoms with E-state index in [9.17, 15) is 9.59 Å². The standard InChI is InChI=1S/C10H15N3O3/c1-7(2)5-9(14)11-8-3-4-13(12-8)6-10(15)16/h3-4,7H,5-6H2,1-2H3,(H,15,16)(H,11,12,14). The minimum Gasteiger partial charge on any atom is -0.480 e. The molecule has 1 aromatic heterocycles. The largest absolute Gasteiger partial charge is 0.480 e. The number of carbonyl (C=O) groups excluding carboxylic acids is 1. The molecule has 2 N–H and O–H groups in total. The molecule has 1 rings (SSSR count). The Balaban J connectivity index is 2.51. The van der Waals surface area contributed by atoms with Crippen molar-refractivity contribution in [2.45, 2.75) is 26.8 Å². The summed E-state index contributed by atoms with van der Waals surface area (Å²) in [5.74, 6) is -0.424. The normalized spacial score (nSPS) is 10.4. The Morgan fingerprint density at radius 2 is 2.25 bits per heavy atom. The van der Waals surface area contributed by atoms with Crippen LogP contribution in [0.1, 0.15) is 20.3 Å². The van der Waals surface area contributed by atoms with Crippen LogP contribution in [0.15, 0.2) is 12.3 Å². The van der Waals surface area contributed by atoms with Gasteiger partial charge in [-0.2, -0.15) is 5.10 Å². The van der Waals surface area contributed by atoms with E-state index < -0.39 is 5.97 Å². The fraction of sp³-hybridized carbons (Fsp3) is 0.500. The summed E-state index contributed by atoms with van der Waals surface area (Å²) in [6.45, 7) is 3.69. The van der Waals surface area contributed by atoms with Crippen LogP contribution in [0.4, 0.5) is 5.82 Å². The van der Waals surface area contributed by atoms with E-state index in [1.807, 2.05) is 13.8 Å². The van der Waals surface area contributed by atoms with E-state index in [-0.39, 0.29) is 18.4 Å². The summed E-state index contributed by atoms with van der Waals surface area (Å²) < 4.78 is 1.26. The number of hydrogen-bond acceptors (Lipinski definition) is 3. The molecule has 0 saturated heterocycles. The van der Waals surface area contributed by atoms with Crippen molar-refractivity contribution in [2.24, 2.45) is 5.92 Å². The molecule has 16 heavy (non-hydrogen) atoms. The van der Waals surface area contributed by atoms with Gasteiger partial charge in [-0.1, -0.05) is 13.8 Å². The second-order valence-electron chi connectivity index (χ2n) is 3.94. The summed E-state index contributed by atoms with van der Waals surface area (Å²) in [6, 6.07) is 1.57. The van der Waals surface area contributed by atoms with Gasteiger partial charge in [0.05, 0.1) is 0 Å². The Labute approximate surface area is 93.3 Å². The number of carbonyl (C=O) groups is 2. The monoisotopic (exact) mass is 225 g/mol. The van der Waals surface area contributed by atoms with E-state index in [1.54, 1.807) is 6.07 Å². The summed E-state index contributed by atoms with van der Waals surface area (Å²) in [7, 11) is 0. The van der Waals surface area contributed by atoms with Crippen molar-refractivity contribution in [1.82, 2.24) is 9.78 Å². The Hall–Kier alpha value is -1.85. The lowest BCUT2D eigenvalue weighted by molar-refractivity contribution is -0.137.